The van der Waals surface area contributed by atoms with Crippen LogP contribution in [0.3, 0.4) is 0 Å². The Hall–Kier alpha value is -3.71. The summed E-state index contributed by atoms with van der Waals surface area (Å²) in [5, 5.41) is 4.60. The number of ether oxygens (including phenoxy) is 1. The first-order valence-electron chi connectivity index (χ1n) is 9.91. The molecule has 2 N–H and O–H groups in total. The Kier molecular flexibility index (Phi) is 4.86. The number of fused-ring (bicyclic) bond motifs is 1. The topological polar surface area (TPSA) is 83.1 Å². The number of para-hydroxylation sites is 1. The summed E-state index contributed by atoms with van der Waals surface area (Å²) < 4.78 is 5.41. The first-order chi connectivity index (χ1) is 14.8. The van der Waals surface area contributed by atoms with Crippen LogP contribution in [0.25, 0.3) is 21.9 Å². The third-order valence-corrected chi connectivity index (χ3v) is 5.24. The first-order valence-corrected chi connectivity index (χ1v) is 9.91. The fraction of sp³-hybridized carbons (Fsp3) is 0.174. The highest BCUT2D eigenvalue weighted by atomic mass is 16.5. The molecule has 0 unspecified atom stereocenters. The minimum absolute atomic E-state index is 0.182. The molecule has 1 aromatic carbocycles. The van der Waals surface area contributed by atoms with Crippen molar-refractivity contribution in [3.05, 3.63) is 77.5 Å². The van der Waals surface area contributed by atoms with E-state index >= 15 is 0 Å². The standard InChI is InChI=1S/C23H21N5O2/c29-23-21-18(8-9-24-23)19(15-26-22(21)27-17-4-2-1-3-5-17)16-6-7-20(25-14-16)28-10-12-30-13-11-28/h1-9,14-15H,10-13H2,(H,24,29)(H,26,27). The largest absolute Gasteiger partial charge is 0.378 e. The molecule has 1 aliphatic rings. The number of H-pyrrole nitrogens is 1. The van der Waals surface area contributed by atoms with Crippen molar-refractivity contribution < 1.29 is 4.74 Å². The summed E-state index contributed by atoms with van der Waals surface area (Å²) in [6.07, 6.45) is 5.29. The van der Waals surface area contributed by atoms with Crippen molar-refractivity contribution in [2.75, 3.05) is 36.5 Å². The molecule has 0 saturated carbocycles. The van der Waals surface area contributed by atoms with E-state index in [0.717, 1.165) is 54.3 Å². The van der Waals surface area contributed by atoms with Gasteiger partial charge >= 0.3 is 0 Å². The van der Waals surface area contributed by atoms with E-state index < -0.39 is 0 Å². The number of anilines is 3. The van der Waals surface area contributed by atoms with Crippen LogP contribution in [0, 0.1) is 0 Å². The molecule has 3 aromatic heterocycles. The molecule has 0 aliphatic carbocycles. The van der Waals surface area contributed by atoms with Crippen molar-refractivity contribution in [3.8, 4) is 11.1 Å². The van der Waals surface area contributed by atoms with Crippen LogP contribution in [0.5, 0.6) is 0 Å². The van der Waals surface area contributed by atoms with E-state index in [9.17, 15) is 4.79 Å². The Labute approximate surface area is 173 Å². The molecule has 5 rings (SSSR count). The number of benzene rings is 1. The first kappa shape index (κ1) is 18.3. The van der Waals surface area contributed by atoms with Crippen LogP contribution < -0.4 is 15.8 Å². The molecule has 1 saturated heterocycles. The normalized spacial score (nSPS) is 14.1. The summed E-state index contributed by atoms with van der Waals surface area (Å²) in [5.41, 5.74) is 2.48. The van der Waals surface area contributed by atoms with Crippen LogP contribution in [0.1, 0.15) is 0 Å². The molecule has 0 atom stereocenters. The van der Waals surface area contributed by atoms with Crippen molar-refractivity contribution in [2.24, 2.45) is 0 Å². The van der Waals surface area contributed by atoms with Crippen molar-refractivity contribution >= 4 is 28.1 Å². The second kappa shape index (κ2) is 7.96. The molecule has 0 amide bonds. The van der Waals surface area contributed by atoms with Gasteiger partial charge in [0.1, 0.15) is 11.6 Å². The zero-order chi connectivity index (χ0) is 20.3. The van der Waals surface area contributed by atoms with Gasteiger partial charge in [-0.25, -0.2) is 9.97 Å². The van der Waals surface area contributed by atoms with E-state index in [1.807, 2.05) is 54.7 Å². The summed E-state index contributed by atoms with van der Waals surface area (Å²) in [6.45, 7) is 3.12. The maximum Gasteiger partial charge on any atom is 0.259 e. The van der Waals surface area contributed by atoms with Gasteiger partial charge in [0.2, 0.25) is 0 Å². The number of hydrogen-bond donors (Lipinski definition) is 2. The van der Waals surface area contributed by atoms with Gasteiger partial charge in [-0.05, 0) is 30.3 Å². The summed E-state index contributed by atoms with van der Waals surface area (Å²) >= 11 is 0. The minimum atomic E-state index is -0.182. The van der Waals surface area contributed by atoms with Crippen LogP contribution in [0.2, 0.25) is 0 Å². The average Bonchev–Trinajstić information content (AvgIpc) is 2.81. The number of rotatable bonds is 4. The van der Waals surface area contributed by atoms with Crippen LogP contribution in [-0.2, 0) is 4.74 Å². The Morgan fingerprint density at radius 2 is 1.80 bits per heavy atom. The molecular formula is C23H21N5O2. The third-order valence-electron chi connectivity index (χ3n) is 5.24. The number of nitrogens with zero attached hydrogens (tertiary/aromatic N) is 3. The molecule has 4 heterocycles. The zero-order valence-corrected chi connectivity index (χ0v) is 16.3. The van der Waals surface area contributed by atoms with Gasteiger partial charge in [-0.15, -0.1) is 0 Å². The fourth-order valence-corrected chi connectivity index (χ4v) is 3.71. The quantitative estimate of drug-likeness (QED) is 0.546. The predicted octanol–water partition coefficient (Wildman–Crippen LogP) is 3.57. The lowest BCUT2D eigenvalue weighted by Crippen LogP contribution is -2.36. The van der Waals surface area contributed by atoms with Crippen LogP contribution in [-0.4, -0.2) is 41.3 Å². The maximum absolute atomic E-state index is 12.7. The van der Waals surface area contributed by atoms with E-state index in [0.29, 0.717) is 11.2 Å². The van der Waals surface area contributed by atoms with Crippen molar-refractivity contribution in [2.45, 2.75) is 0 Å². The second-order valence-corrected chi connectivity index (χ2v) is 7.11. The van der Waals surface area contributed by atoms with Crippen LogP contribution in [0.15, 0.2) is 71.9 Å². The van der Waals surface area contributed by atoms with E-state index in [1.54, 1.807) is 12.4 Å². The van der Waals surface area contributed by atoms with Gasteiger partial charge in [-0.1, -0.05) is 18.2 Å². The molecule has 7 nitrogen and oxygen atoms in total. The van der Waals surface area contributed by atoms with Crippen LogP contribution >= 0.6 is 0 Å². The van der Waals surface area contributed by atoms with E-state index in [4.69, 9.17) is 4.74 Å². The van der Waals surface area contributed by atoms with Gasteiger partial charge in [-0.3, -0.25) is 4.79 Å². The average molecular weight is 399 g/mol. The molecular weight excluding hydrogens is 378 g/mol. The summed E-state index contributed by atoms with van der Waals surface area (Å²) in [4.78, 5) is 26.8. The van der Waals surface area contributed by atoms with E-state index in [-0.39, 0.29) is 5.56 Å². The Morgan fingerprint density at radius 3 is 2.57 bits per heavy atom. The lowest BCUT2D eigenvalue weighted by molar-refractivity contribution is 0.122. The van der Waals surface area contributed by atoms with Gasteiger partial charge in [0.25, 0.3) is 5.56 Å². The number of aromatic amines is 1. The lowest BCUT2D eigenvalue weighted by Gasteiger charge is -2.27. The second-order valence-electron chi connectivity index (χ2n) is 7.11. The molecule has 4 aromatic rings. The molecule has 30 heavy (non-hydrogen) atoms. The fourth-order valence-electron chi connectivity index (χ4n) is 3.71. The Bertz CT molecular complexity index is 1220. The van der Waals surface area contributed by atoms with Gasteiger partial charge < -0.3 is 19.9 Å². The monoisotopic (exact) mass is 399 g/mol. The highest BCUT2D eigenvalue weighted by molar-refractivity contribution is 6.01. The van der Waals surface area contributed by atoms with Crippen molar-refractivity contribution in [1.29, 1.82) is 0 Å². The molecule has 1 aliphatic heterocycles. The van der Waals surface area contributed by atoms with E-state index in [1.165, 1.54) is 0 Å². The molecule has 7 heteroatoms. The van der Waals surface area contributed by atoms with Gasteiger partial charge in [0.15, 0.2) is 0 Å². The van der Waals surface area contributed by atoms with Crippen LogP contribution in [0.4, 0.5) is 17.3 Å². The molecule has 0 bridgehead atoms. The SMILES string of the molecule is O=c1[nH]ccc2c(-c3ccc(N4CCOCC4)nc3)cnc(Nc3ccccc3)c12. The third kappa shape index (κ3) is 3.51. The maximum atomic E-state index is 12.7. The highest BCUT2D eigenvalue weighted by Gasteiger charge is 2.15. The summed E-state index contributed by atoms with van der Waals surface area (Å²) in [5.74, 6) is 1.46. The summed E-state index contributed by atoms with van der Waals surface area (Å²) in [7, 11) is 0. The minimum Gasteiger partial charge on any atom is -0.378 e. The van der Waals surface area contributed by atoms with Gasteiger partial charge in [0, 0.05) is 53.9 Å². The molecule has 0 spiro atoms. The smallest absolute Gasteiger partial charge is 0.259 e. The predicted molar refractivity (Wildman–Crippen MR) is 118 cm³/mol. The highest BCUT2D eigenvalue weighted by Crippen LogP contribution is 2.31. The lowest BCUT2D eigenvalue weighted by atomic mass is 10.0. The zero-order valence-electron chi connectivity index (χ0n) is 16.3. The van der Waals surface area contributed by atoms with E-state index in [2.05, 4.69) is 25.2 Å². The van der Waals surface area contributed by atoms with Gasteiger partial charge in [0.05, 0.1) is 18.6 Å². The molecule has 0 radical (unpaired) electrons. The summed E-state index contributed by atoms with van der Waals surface area (Å²) in [6, 6.07) is 15.6. The van der Waals surface area contributed by atoms with Crippen molar-refractivity contribution in [3.63, 3.8) is 0 Å². The Morgan fingerprint density at radius 1 is 0.967 bits per heavy atom. The number of aromatic nitrogens is 3. The van der Waals surface area contributed by atoms with Gasteiger partial charge in [-0.2, -0.15) is 0 Å². The molecule has 1 fully saturated rings. The number of hydrogen-bond acceptors (Lipinski definition) is 6. The number of morpholine rings is 1. The number of nitrogens with one attached hydrogen (secondary N) is 2. The molecule has 150 valence electrons. The Balaban J connectivity index is 1.55. The van der Waals surface area contributed by atoms with Crippen molar-refractivity contribution in [1.82, 2.24) is 15.0 Å². The number of pyridine rings is 3.